The Kier molecular flexibility index (Phi) is 5.87. The molecule has 1 unspecified atom stereocenters. The van der Waals surface area contributed by atoms with E-state index in [9.17, 15) is 0 Å². The van der Waals surface area contributed by atoms with Crippen molar-refractivity contribution in [3.8, 4) is 5.88 Å². The highest BCUT2D eigenvalue weighted by Gasteiger charge is 2.06. The van der Waals surface area contributed by atoms with Gasteiger partial charge in [0, 0.05) is 22.9 Å². The molecule has 0 radical (unpaired) electrons. The average Bonchev–Trinajstić information content (AvgIpc) is 2.50. The zero-order chi connectivity index (χ0) is 14.2. The Morgan fingerprint density at radius 3 is 2.90 bits per heavy atom. The number of hydrogen-bond donors (Lipinski definition) is 0. The quantitative estimate of drug-likeness (QED) is 0.701. The van der Waals surface area contributed by atoms with E-state index in [0.717, 1.165) is 17.3 Å². The maximum absolute atomic E-state index is 5.80. The van der Waals surface area contributed by atoms with E-state index in [2.05, 4.69) is 11.9 Å². The Hall–Kier alpha value is -1.54. The molecular formula is C17H20ClNO. The number of halogens is 1. The Labute approximate surface area is 125 Å². The van der Waals surface area contributed by atoms with Gasteiger partial charge in [0.2, 0.25) is 5.88 Å². The minimum atomic E-state index is 0.348. The molecule has 1 aromatic heterocycles. The maximum atomic E-state index is 5.80. The summed E-state index contributed by atoms with van der Waals surface area (Å²) < 4.78 is 5.80. The van der Waals surface area contributed by atoms with Gasteiger partial charge in [-0.2, -0.15) is 0 Å². The number of aromatic nitrogens is 1. The first-order chi connectivity index (χ1) is 9.83. The van der Waals surface area contributed by atoms with E-state index in [-0.39, 0.29) is 0 Å². The molecule has 3 heteroatoms. The van der Waals surface area contributed by atoms with Crippen LogP contribution in [-0.2, 0) is 0 Å². The van der Waals surface area contributed by atoms with Gasteiger partial charge in [-0.3, -0.25) is 0 Å². The van der Waals surface area contributed by atoms with Crippen molar-refractivity contribution >= 4 is 22.5 Å². The first-order valence-electron chi connectivity index (χ1n) is 7.09. The van der Waals surface area contributed by atoms with Crippen LogP contribution in [0.25, 0.3) is 10.9 Å². The lowest BCUT2D eigenvalue weighted by Crippen LogP contribution is -2.10. The summed E-state index contributed by atoms with van der Waals surface area (Å²) in [5, 5.41) is 1.13. The Morgan fingerprint density at radius 1 is 1.25 bits per heavy atom. The normalized spacial score (nSPS) is 12.9. The van der Waals surface area contributed by atoms with Crippen LogP contribution in [0.5, 0.6) is 5.88 Å². The topological polar surface area (TPSA) is 22.1 Å². The molecule has 2 aromatic rings. The fourth-order valence-electron chi connectivity index (χ4n) is 2.12. The summed E-state index contributed by atoms with van der Waals surface area (Å²) in [6.45, 7) is 2.81. The van der Waals surface area contributed by atoms with E-state index < -0.39 is 0 Å². The van der Waals surface area contributed by atoms with Crippen molar-refractivity contribution in [1.29, 1.82) is 0 Å². The number of hydrogen-bond acceptors (Lipinski definition) is 2. The zero-order valence-corrected chi connectivity index (χ0v) is 12.5. The minimum absolute atomic E-state index is 0.348. The summed E-state index contributed by atoms with van der Waals surface area (Å²) in [5.74, 6) is 1.02. The molecule has 0 aliphatic rings. The van der Waals surface area contributed by atoms with Crippen molar-refractivity contribution in [3.05, 3.63) is 48.0 Å². The van der Waals surface area contributed by atoms with Crippen LogP contribution in [0.15, 0.2) is 48.0 Å². The second kappa shape index (κ2) is 7.91. The molecule has 0 amide bonds. The monoisotopic (exact) mass is 289 g/mol. The molecule has 106 valence electrons. The summed E-state index contributed by atoms with van der Waals surface area (Å²) >= 11 is 5.68. The molecule has 0 aliphatic heterocycles. The van der Waals surface area contributed by atoms with Gasteiger partial charge in [-0.1, -0.05) is 55.6 Å². The molecule has 0 bridgehead atoms. The van der Waals surface area contributed by atoms with Crippen molar-refractivity contribution in [2.45, 2.75) is 26.2 Å². The van der Waals surface area contributed by atoms with Crippen LogP contribution in [-0.4, -0.2) is 11.6 Å². The molecule has 1 heterocycles. The Bertz CT molecular complexity index is 568. The number of fused-ring (bicyclic) bond motifs is 1. The fraction of sp³-hybridized carbons (Fsp3) is 0.353. The number of pyridine rings is 1. The number of nitrogens with zero attached hydrogens (tertiary/aromatic N) is 1. The molecule has 0 saturated carbocycles. The molecular weight excluding hydrogens is 270 g/mol. The third kappa shape index (κ3) is 4.24. The first kappa shape index (κ1) is 14.9. The lowest BCUT2D eigenvalue weighted by Gasteiger charge is -2.13. The second-order valence-corrected chi connectivity index (χ2v) is 5.13. The van der Waals surface area contributed by atoms with Gasteiger partial charge in [-0.05, 0) is 18.6 Å². The predicted octanol–water partition coefficient (Wildman–Crippen LogP) is 5.17. The third-order valence-corrected chi connectivity index (χ3v) is 3.44. The number of para-hydroxylation sites is 1. The molecule has 2 rings (SSSR count). The second-order valence-electron chi connectivity index (χ2n) is 4.87. The predicted molar refractivity (Wildman–Crippen MR) is 85.2 cm³/mol. The number of ether oxygens (including phenoxy) is 1. The van der Waals surface area contributed by atoms with Crippen molar-refractivity contribution in [2.24, 2.45) is 5.92 Å². The molecule has 0 fully saturated rings. The number of benzene rings is 1. The van der Waals surface area contributed by atoms with E-state index in [1.165, 1.54) is 12.8 Å². The maximum Gasteiger partial charge on any atom is 0.213 e. The molecule has 1 aromatic carbocycles. The van der Waals surface area contributed by atoms with Crippen molar-refractivity contribution in [3.63, 3.8) is 0 Å². The molecule has 0 spiro atoms. The fourth-order valence-corrected chi connectivity index (χ4v) is 2.33. The highest BCUT2D eigenvalue weighted by molar-refractivity contribution is 6.25. The summed E-state index contributed by atoms with van der Waals surface area (Å²) in [4.78, 5) is 4.51. The first-order valence-corrected chi connectivity index (χ1v) is 7.52. The van der Waals surface area contributed by atoms with E-state index in [1.54, 1.807) is 5.54 Å². The van der Waals surface area contributed by atoms with Crippen molar-refractivity contribution in [1.82, 2.24) is 4.98 Å². The summed E-state index contributed by atoms with van der Waals surface area (Å²) in [6, 6.07) is 12.0. The number of unbranched alkanes of at least 4 members (excludes halogenated alkanes) is 1. The van der Waals surface area contributed by atoms with Crippen LogP contribution in [0.3, 0.4) is 0 Å². The van der Waals surface area contributed by atoms with Crippen LogP contribution >= 0.6 is 11.6 Å². The van der Waals surface area contributed by atoms with Gasteiger partial charge in [-0.15, -0.1) is 0 Å². The largest absolute Gasteiger partial charge is 0.477 e. The van der Waals surface area contributed by atoms with Gasteiger partial charge in [0.15, 0.2) is 0 Å². The van der Waals surface area contributed by atoms with Crippen LogP contribution < -0.4 is 4.74 Å². The minimum Gasteiger partial charge on any atom is -0.477 e. The van der Waals surface area contributed by atoms with E-state index in [4.69, 9.17) is 16.3 Å². The molecule has 20 heavy (non-hydrogen) atoms. The average molecular weight is 290 g/mol. The summed E-state index contributed by atoms with van der Waals surface area (Å²) in [5.41, 5.74) is 2.54. The van der Waals surface area contributed by atoms with Crippen molar-refractivity contribution < 1.29 is 4.74 Å². The van der Waals surface area contributed by atoms with Crippen LogP contribution in [0.2, 0.25) is 0 Å². The van der Waals surface area contributed by atoms with Crippen molar-refractivity contribution in [2.75, 3.05) is 6.61 Å². The summed E-state index contributed by atoms with van der Waals surface area (Å²) in [7, 11) is 0. The van der Waals surface area contributed by atoms with E-state index in [1.807, 2.05) is 42.5 Å². The van der Waals surface area contributed by atoms with Gasteiger partial charge in [0.1, 0.15) is 0 Å². The van der Waals surface area contributed by atoms with E-state index in [0.29, 0.717) is 18.4 Å². The molecule has 0 saturated heterocycles. The molecule has 2 nitrogen and oxygen atoms in total. The zero-order valence-electron chi connectivity index (χ0n) is 11.8. The van der Waals surface area contributed by atoms with Gasteiger partial charge in [0.05, 0.1) is 12.1 Å². The lowest BCUT2D eigenvalue weighted by atomic mass is 10.0. The van der Waals surface area contributed by atoms with Crippen LogP contribution in [0.1, 0.15) is 26.2 Å². The Balaban J connectivity index is 1.99. The Morgan fingerprint density at radius 2 is 2.10 bits per heavy atom. The van der Waals surface area contributed by atoms with Crippen LogP contribution in [0.4, 0.5) is 0 Å². The molecule has 1 atom stereocenters. The lowest BCUT2D eigenvalue weighted by molar-refractivity contribution is 0.258. The van der Waals surface area contributed by atoms with E-state index >= 15 is 0 Å². The number of rotatable bonds is 7. The summed E-state index contributed by atoms with van der Waals surface area (Å²) in [6.07, 6.45) is 5.45. The van der Waals surface area contributed by atoms with Gasteiger partial charge < -0.3 is 4.74 Å². The van der Waals surface area contributed by atoms with Gasteiger partial charge in [-0.25, -0.2) is 4.98 Å². The van der Waals surface area contributed by atoms with Gasteiger partial charge >= 0.3 is 0 Å². The standard InChI is InChI=1S/C17H20ClNO/c1-2-3-6-14(11-12-18)13-20-17-10-9-15-7-4-5-8-16(15)19-17/h4-5,7-12,14H,2-3,6,13H2,1H3. The SMILES string of the molecule is CCCCC(C=CCl)COc1ccc2ccccc2n1. The molecule has 0 aliphatic carbocycles. The van der Waals surface area contributed by atoms with Crippen LogP contribution in [0, 0.1) is 5.92 Å². The van der Waals surface area contributed by atoms with Gasteiger partial charge in [0.25, 0.3) is 0 Å². The third-order valence-electron chi connectivity index (χ3n) is 3.29. The smallest absolute Gasteiger partial charge is 0.213 e. The molecule has 0 N–H and O–H groups in total. The highest BCUT2D eigenvalue weighted by atomic mass is 35.5. The highest BCUT2D eigenvalue weighted by Crippen LogP contribution is 2.18.